The maximum absolute atomic E-state index is 11.9. The Hall–Kier alpha value is -1.64. The summed E-state index contributed by atoms with van der Waals surface area (Å²) in [6.45, 7) is 3.78. The van der Waals surface area contributed by atoms with Crippen LogP contribution in [0.3, 0.4) is 0 Å². The summed E-state index contributed by atoms with van der Waals surface area (Å²) in [7, 11) is 0. The van der Waals surface area contributed by atoms with Gasteiger partial charge in [-0.3, -0.25) is 14.9 Å². The second-order valence-electron chi connectivity index (χ2n) is 4.35. The van der Waals surface area contributed by atoms with Gasteiger partial charge >= 0.3 is 0 Å². The summed E-state index contributed by atoms with van der Waals surface area (Å²) in [5.41, 5.74) is 0.192. The molecule has 1 N–H and O–H groups in total. The molecule has 1 heterocycles. The van der Waals surface area contributed by atoms with Gasteiger partial charge in [-0.05, 0) is 18.9 Å². The van der Waals surface area contributed by atoms with Crippen LogP contribution in [0.4, 0.5) is 0 Å². The molecule has 1 aromatic rings. The zero-order valence-electron chi connectivity index (χ0n) is 9.49. The van der Waals surface area contributed by atoms with E-state index in [-0.39, 0.29) is 17.7 Å². The molecule has 0 bridgehead atoms. The van der Waals surface area contributed by atoms with Crippen LogP contribution < -0.4 is 5.32 Å². The van der Waals surface area contributed by atoms with Gasteiger partial charge in [-0.2, -0.15) is 0 Å². The number of hydrogen-bond acceptors (Lipinski definition) is 2. The summed E-state index contributed by atoms with van der Waals surface area (Å²) in [5.74, 6) is -0.600. The molecule has 1 aliphatic heterocycles. The standard InChI is InChI=1S/C13H15NO2/c1-3-10-11(15)14-12(16)13(10,2)9-7-5-4-6-8-9/h4-8,10H,3H2,1-2H3,(H,14,15,16)/t10-,13+/m0/s1. The third kappa shape index (κ3) is 1.35. The number of nitrogens with one attached hydrogen (secondary N) is 1. The second-order valence-corrected chi connectivity index (χ2v) is 4.35. The molecule has 0 unspecified atom stereocenters. The third-order valence-electron chi connectivity index (χ3n) is 3.50. The molecule has 2 amide bonds. The van der Waals surface area contributed by atoms with Gasteiger partial charge in [0.15, 0.2) is 0 Å². The monoisotopic (exact) mass is 217 g/mol. The minimum Gasteiger partial charge on any atom is -0.295 e. The minimum absolute atomic E-state index is 0.154. The maximum atomic E-state index is 11.9. The average molecular weight is 217 g/mol. The fraction of sp³-hybridized carbons (Fsp3) is 0.385. The third-order valence-corrected chi connectivity index (χ3v) is 3.50. The zero-order chi connectivity index (χ0) is 11.8. The van der Waals surface area contributed by atoms with Crippen LogP contribution in [0.1, 0.15) is 25.8 Å². The summed E-state index contributed by atoms with van der Waals surface area (Å²) in [6.07, 6.45) is 0.670. The number of benzene rings is 1. The Morgan fingerprint density at radius 1 is 1.25 bits per heavy atom. The van der Waals surface area contributed by atoms with E-state index in [4.69, 9.17) is 0 Å². The van der Waals surface area contributed by atoms with E-state index in [1.165, 1.54) is 0 Å². The van der Waals surface area contributed by atoms with E-state index >= 15 is 0 Å². The Bertz CT molecular complexity index is 427. The lowest BCUT2D eigenvalue weighted by molar-refractivity contribution is -0.126. The van der Waals surface area contributed by atoms with Crippen LogP contribution in [0.25, 0.3) is 0 Å². The molecule has 3 heteroatoms. The highest BCUT2D eigenvalue weighted by Crippen LogP contribution is 2.38. The smallest absolute Gasteiger partial charge is 0.237 e. The Morgan fingerprint density at radius 3 is 2.44 bits per heavy atom. The summed E-state index contributed by atoms with van der Waals surface area (Å²) in [4.78, 5) is 23.6. The molecule has 0 radical (unpaired) electrons. The largest absolute Gasteiger partial charge is 0.295 e. The van der Waals surface area contributed by atoms with Crippen LogP contribution in [-0.4, -0.2) is 11.8 Å². The number of carbonyl (C=O) groups excluding carboxylic acids is 2. The van der Waals surface area contributed by atoms with Crippen LogP contribution in [0.5, 0.6) is 0 Å². The van der Waals surface area contributed by atoms with E-state index in [0.29, 0.717) is 6.42 Å². The van der Waals surface area contributed by atoms with E-state index in [2.05, 4.69) is 5.32 Å². The average Bonchev–Trinajstić information content (AvgIpc) is 2.52. The lowest BCUT2D eigenvalue weighted by atomic mass is 9.72. The maximum Gasteiger partial charge on any atom is 0.237 e. The Balaban J connectivity index is 2.51. The molecule has 0 aliphatic carbocycles. The molecule has 16 heavy (non-hydrogen) atoms. The van der Waals surface area contributed by atoms with Crippen molar-refractivity contribution in [2.75, 3.05) is 0 Å². The number of rotatable bonds is 2. The van der Waals surface area contributed by atoms with Crippen LogP contribution in [0.2, 0.25) is 0 Å². The highest BCUT2D eigenvalue weighted by molar-refractivity contribution is 6.10. The molecular formula is C13H15NO2. The Kier molecular flexibility index (Phi) is 2.54. The Morgan fingerprint density at radius 2 is 1.88 bits per heavy atom. The van der Waals surface area contributed by atoms with Crippen molar-refractivity contribution in [3.05, 3.63) is 35.9 Å². The summed E-state index contributed by atoms with van der Waals surface area (Å²) in [6, 6.07) is 9.50. The summed E-state index contributed by atoms with van der Waals surface area (Å²) in [5, 5.41) is 2.43. The predicted molar refractivity (Wildman–Crippen MR) is 60.7 cm³/mol. The first-order valence-corrected chi connectivity index (χ1v) is 5.51. The van der Waals surface area contributed by atoms with Gasteiger partial charge in [0.05, 0.1) is 11.3 Å². The zero-order valence-corrected chi connectivity index (χ0v) is 9.49. The molecule has 0 saturated carbocycles. The van der Waals surface area contributed by atoms with Crippen molar-refractivity contribution in [3.8, 4) is 0 Å². The SMILES string of the molecule is CC[C@H]1C(=O)NC(=O)[C@]1(C)c1ccccc1. The number of imide groups is 1. The summed E-state index contributed by atoms with van der Waals surface area (Å²) < 4.78 is 0. The van der Waals surface area contributed by atoms with Gasteiger partial charge in [-0.15, -0.1) is 0 Å². The van der Waals surface area contributed by atoms with Crippen LogP contribution in [-0.2, 0) is 15.0 Å². The van der Waals surface area contributed by atoms with E-state index < -0.39 is 5.41 Å². The van der Waals surface area contributed by atoms with E-state index in [1.807, 2.05) is 44.2 Å². The quantitative estimate of drug-likeness (QED) is 0.765. The number of hydrogen-bond donors (Lipinski definition) is 1. The highest BCUT2D eigenvalue weighted by atomic mass is 16.2. The van der Waals surface area contributed by atoms with Gasteiger partial charge < -0.3 is 0 Å². The summed E-state index contributed by atoms with van der Waals surface area (Å²) >= 11 is 0. The molecule has 1 fully saturated rings. The second kappa shape index (κ2) is 3.74. The van der Waals surface area contributed by atoms with E-state index in [1.54, 1.807) is 0 Å². The molecule has 2 rings (SSSR count). The molecule has 1 aromatic carbocycles. The number of carbonyl (C=O) groups is 2. The molecule has 2 atom stereocenters. The van der Waals surface area contributed by atoms with Gasteiger partial charge in [-0.25, -0.2) is 0 Å². The van der Waals surface area contributed by atoms with Gasteiger partial charge in [0.2, 0.25) is 11.8 Å². The molecule has 3 nitrogen and oxygen atoms in total. The fourth-order valence-corrected chi connectivity index (χ4v) is 2.46. The van der Waals surface area contributed by atoms with Crippen molar-refractivity contribution < 1.29 is 9.59 Å². The van der Waals surface area contributed by atoms with Gasteiger partial charge in [0.1, 0.15) is 0 Å². The van der Waals surface area contributed by atoms with Crippen LogP contribution in [0, 0.1) is 5.92 Å². The van der Waals surface area contributed by atoms with Crippen molar-refractivity contribution in [1.82, 2.24) is 5.32 Å². The number of amides is 2. The molecule has 84 valence electrons. The van der Waals surface area contributed by atoms with Crippen molar-refractivity contribution >= 4 is 11.8 Å². The highest BCUT2D eigenvalue weighted by Gasteiger charge is 2.51. The van der Waals surface area contributed by atoms with Crippen molar-refractivity contribution in [1.29, 1.82) is 0 Å². The van der Waals surface area contributed by atoms with Crippen molar-refractivity contribution in [2.24, 2.45) is 5.92 Å². The first-order valence-electron chi connectivity index (χ1n) is 5.51. The van der Waals surface area contributed by atoms with E-state index in [0.717, 1.165) is 5.56 Å². The fourth-order valence-electron chi connectivity index (χ4n) is 2.46. The van der Waals surface area contributed by atoms with Gasteiger partial charge in [0.25, 0.3) is 0 Å². The lowest BCUT2D eigenvalue weighted by Crippen LogP contribution is -2.36. The predicted octanol–water partition coefficient (Wildman–Crippen LogP) is 1.63. The molecule has 0 spiro atoms. The van der Waals surface area contributed by atoms with E-state index in [9.17, 15) is 9.59 Å². The topological polar surface area (TPSA) is 46.2 Å². The Labute approximate surface area is 94.9 Å². The van der Waals surface area contributed by atoms with Crippen LogP contribution in [0.15, 0.2) is 30.3 Å². The van der Waals surface area contributed by atoms with Crippen molar-refractivity contribution in [2.45, 2.75) is 25.7 Å². The van der Waals surface area contributed by atoms with Crippen molar-refractivity contribution in [3.63, 3.8) is 0 Å². The first kappa shape index (κ1) is 10.9. The molecule has 0 aromatic heterocycles. The molecule has 1 aliphatic rings. The molecule has 1 saturated heterocycles. The van der Waals surface area contributed by atoms with Gasteiger partial charge in [-0.1, -0.05) is 37.3 Å². The normalized spacial score (nSPS) is 29.2. The lowest BCUT2D eigenvalue weighted by Gasteiger charge is -2.26. The molecular weight excluding hydrogens is 202 g/mol. The first-order chi connectivity index (χ1) is 7.60. The minimum atomic E-state index is -0.715. The van der Waals surface area contributed by atoms with Crippen LogP contribution >= 0.6 is 0 Å². The van der Waals surface area contributed by atoms with Gasteiger partial charge in [0, 0.05) is 0 Å².